The summed E-state index contributed by atoms with van der Waals surface area (Å²) in [7, 11) is 0. The molecule has 80 valence electrons. The summed E-state index contributed by atoms with van der Waals surface area (Å²) in [4.78, 5) is 0. The van der Waals surface area contributed by atoms with Crippen molar-refractivity contribution in [2.75, 3.05) is 0 Å². The maximum Gasteiger partial charge on any atom is 0.100 e. The van der Waals surface area contributed by atoms with Crippen molar-refractivity contribution in [1.82, 2.24) is 15.0 Å². The lowest BCUT2D eigenvalue weighted by Gasteiger charge is -2.27. The summed E-state index contributed by atoms with van der Waals surface area (Å²) in [6.45, 7) is 4.21. The first kappa shape index (κ1) is 10.2. The molecule has 1 aromatic rings. The molecule has 1 aliphatic rings. The fraction of sp³-hybridized carbons (Fsp3) is 0.727. The van der Waals surface area contributed by atoms with Crippen LogP contribution in [0.4, 0.5) is 0 Å². The molecular formula is C11H16N4. The van der Waals surface area contributed by atoms with Crippen molar-refractivity contribution in [2.24, 2.45) is 0 Å². The van der Waals surface area contributed by atoms with Crippen LogP contribution < -0.4 is 0 Å². The minimum atomic E-state index is 0.334. The lowest BCUT2D eigenvalue weighted by atomic mass is 9.81. The van der Waals surface area contributed by atoms with Crippen molar-refractivity contribution in [2.45, 2.75) is 51.5 Å². The molecule has 0 aromatic carbocycles. The molecule has 0 atom stereocenters. The van der Waals surface area contributed by atoms with Gasteiger partial charge in [-0.15, -0.1) is 5.10 Å². The molecule has 1 aromatic heterocycles. The lowest BCUT2D eigenvalue weighted by Crippen LogP contribution is -2.18. The molecule has 4 heteroatoms. The van der Waals surface area contributed by atoms with Gasteiger partial charge in [-0.1, -0.05) is 11.6 Å². The van der Waals surface area contributed by atoms with Gasteiger partial charge in [0.1, 0.15) is 5.69 Å². The molecule has 2 rings (SSSR count). The monoisotopic (exact) mass is 204 g/mol. The average Bonchev–Trinajstić information content (AvgIpc) is 2.47. The molecule has 1 saturated carbocycles. The predicted molar refractivity (Wildman–Crippen MR) is 56.3 cm³/mol. The quantitative estimate of drug-likeness (QED) is 0.758. The molecule has 15 heavy (non-hydrogen) atoms. The Balaban J connectivity index is 2.35. The fourth-order valence-corrected chi connectivity index (χ4v) is 2.02. The normalized spacial score (nSPS) is 16.4. The first-order chi connectivity index (χ1) is 7.24. The molecule has 0 spiro atoms. The van der Waals surface area contributed by atoms with Gasteiger partial charge in [0, 0.05) is 12.0 Å². The van der Waals surface area contributed by atoms with Gasteiger partial charge in [-0.05, 0) is 26.7 Å². The van der Waals surface area contributed by atoms with Crippen molar-refractivity contribution >= 4 is 0 Å². The van der Waals surface area contributed by atoms with Crippen LogP contribution in [0.3, 0.4) is 0 Å². The van der Waals surface area contributed by atoms with Gasteiger partial charge in [0.05, 0.1) is 18.2 Å². The second-order valence-electron chi connectivity index (χ2n) is 4.42. The van der Waals surface area contributed by atoms with E-state index in [2.05, 4.69) is 30.2 Å². The van der Waals surface area contributed by atoms with Gasteiger partial charge < -0.3 is 0 Å². The van der Waals surface area contributed by atoms with Crippen LogP contribution in [0.15, 0.2) is 0 Å². The van der Waals surface area contributed by atoms with Crippen LogP contribution in [0, 0.1) is 11.3 Å². The second-order valence-corrected chi connectivity index (χ2v) is 4.42. The third-order valence-electron chi connectivity index (χ3n) is 3.03. The van der Waals surface area contributed by atoms with Crippen molar-refractivity contribution < 1.29 is 0 Å². The Morgan fingerprint density at radius 1 is 1.53 bits per heavy atom. The number of nitrogens with zero attached hydrogens (tertiary/aromatic N) is 4. The third-order valence-corrected chi connectivity index (χ3v) is 3.03. The molecule has 0 unspecified atom stereocenters. The van der Waals surface area contributed by atoms with E-state index in [9.17, 15) is 0 Å². The Hall–Kier alpha value is -1.37. The number of hydrogen-bond donors (Lipinski definition) is 0. The van der Waals surface area contributed by atoms with Crippen LogP contribution in [0.25, 0.3) is 0 Å². The minimum Gasteiger partial charge on any atom is -0.246 e. The molecule has 0 saturated heterocycles. The SMILES string of the molecule is CC(C)n1nnc(CC#N)c1C1CCC1. The van der Waals surface area contributed by atoms with E-state index in [0.29, 0.717) is 18.4 Å². The molecule has 0 amide bonds. The van der Waals surface area contributed by atoms with Crippen molar-refractivity contribution in [3.8, 4) is 6.07 Å². The molecule has 1 aliphatic carbocycles. The summed E-state index contributed by atoms with van der Waals surface area (Å²) < 4.78 is 1.98. The highest BCUT2D eigenvalue weighted by atomic mass is 15.4. The topological polar surface area (TPSA) is 54.5 Å². The highest BCUT2D eigenvalue weighted by Crippen LogP contribution is 2.38. The van der Waals surface area contributed by atoms with E-state index in [0.717, 1.165) is 5.69 Å². The van der Waals surface area contributed by atoms with Gasteiger partial charge in [0.15, 0.2) is 0 Å². The molecule has 1 heterocycles. The summed E-state index contributed by atoms with van der Waals surface area (Å²) in [5.41, 5.74) is 2.09. The zero-order valence-electron chi connectivity index (χ0n) is 9.27. The summed E-state index contributed by atoms with van der Waals surface area (Å²) in [6.07, 6.45) is 4.12. The van der Waals surface area contributed by atoms with E-state index in [1.165, 1.54) is 25.0 Å². The van der Waals surface area contributed by atoms with Crippen LogP contribution >= 0.6 is 0 Å². The van der Waals surface area contributed by atoms with E-state index in [1.807, 2.05) is 4.68 Å². The van der Waals surface area contributed by atoms with E-state index in [4.69, 9.17) is 5.26 Å². The van der Waals surface area contributed by atoms with Crippen LogP contribution in [0.5, 0.6) is 0 Å². The van der Waals surface area contributed by atoms with E-state index in [1.54, 1.807) is 0 Å². The molecule has 0 aliphatic heterocycles. The van der Waals surface area contributed by atoms with Gasteiger partial charge in [0.25, 0.3) is 0 Å². The largest absolute Gasteiger partial charge is 0.246 e. The number of aromatic nitrogens is 3. The minimum absolute atomic E-state index is 0.334. The Bertz CT molecular complexity index is 382. The van der Waals surface area contributed by atoms with Gasteiger partial charge >= 0.3 is 0 Å². The highest BCUT2D eigenvalue weighted by Gasteiger charge is 2.28. The lowest BCUT2D eigenvalue weighted by molar-refractivity contribution is 0.373. The van der Waals surface area contributed by atoms with Crippen molar-refractivity contribution in [3.05, 3.63) is 11.4 Å². The Morgan fingerprint density at radius 3 is 2.73 bits per heavy atom. The standard InChI is InChI=1S/C11H16N4/c1-8(2)15-11(9-4-3-5-9)10(6-7-12)13-14-15/h8-9H,3-6H2,1-2H3. The zero-order valence-corrected chi connectivity index (χ0v) is 9.27. The molecule has 0 bridgehead atoms. The molecule has 0 radical (unpaired) electrons. The molecule has 4 nitrogen and oxygen atoms in total. The summed E-state index contributed by atoms with van der Waals surface area (Å²) in [6, 6.07) is 2.50. The maximum atomic E-state index is 8.74. The number of hydrogen-bond acceptors (Lipinski definition) is 3. The van der Waals surface area contributed by atoms with Crippen LogP contribution in [0.2, 0.25) is 0 Å². The van der Waals surface area contributed by atoms with E-state index in [-0.39, 0.29) is 0 Å². The van der Waals surface area contributed by atoms with E-state index >= 15 is 0 Å². The molecular weight excluding hydrogens is 188 g/mol. The predicted octanol–water partition coefficient (Wildman–Crippen LogP) is 2.19. The smallest absolute Gasteiger partial charge is 0.100 e. The van der Waals surface area contributed by atoms with Crippen LogP contribution in [-0.2, 0) is 6.42 Å². The summed E-state index contributed by atoms with van der Waals surface area (Å²) >= 11 is 0. The Morgan fingerprint density at radius 2 is 2.27 bits per heavy atom. The van der Waals surface area contributed by atoms with Gasteiger partial charge in [-0.2, -0.15) is 5.26 Å². The first-order valence-corrected chi connectivity index (χ1v) is 5.55. The number of nitriles is 1. The first-order valence-electron chi connectivity index (χ1n) is 5.55. The fourth-order valence-electron chi connectivity index (χ4n) is 2.02. The zero-order chi connectivity index (χ0) is 10.8. The Labute approximate surface area is 89.9 Å². The highest BCUT2D eigenvalue weighted by molar-refractivity contribution is 5.21. The third kappa shape index (κ3) is 1.74. The van der Waals surface area contributed by atoms with Gasteiger partial charge in [-0.25, -0.2) is 4.68 Å². The van der Waals surface area contributed by atoms with Crippen molar-refractivity contribution in [1.29, 1.82) is 5.26 Å². The average molecular weight is 204 g/mol. The molecule has 1 fully saturated rings. The van der Waals surface area contributed by atoms with Crippen LogP contribution in [0.1, 0.15) is 56.5 Å². The molecule has 0 N–H and O–H groups in total. The van der Waals surface area contributed by atoms with Gasteiger partial charge in [0.2, 0.25) is 0 Å². The number of rotatable bonds is 3. The summed E-state index contributed by atoms with van der Waals surface area (Å²) in [5.74, 6) is 0.589. The van der Waals surface area contributed by atoms with E-state index < -0.39 is 0 Å². The summed E-state index contributed by atoms with van der Waals surface area (Å²) in [5, 5.41) is 17.0. The van der Waals surface area contributed by atoms with Crippen LogP contribution in [-0.4, -0.2) is 15.0 Å². The van der Waals surface area contributed by atoms with Gasteiger partial charge in [-0.3, -0.25) is 0 Å². The second kappa shape index (κ2) is 4.01. The maximum absolute atomic E-state index is 8.74. The van der Waals surface area contributed by atoms with Crippen molar-refractivity contribution in [3.63, 3.8) is 0 Å². The Kier molecular flexibility index (Phi) is 2.72.